The summed E-state index contributed by atoms with van der Waals surface area (Å²) in [4.78, 5) is 23.4. The first-order chi connectivity index (χ1) is 11.4. The first kappa shape index (κ1) is 16.2. The molecule has 0 amide bonds. The van der Waals surface area contributed by atoms with Gasteiger partial charge in [-0.3, -0.25) is 4.79 Å². The normalized spacial score (nSPS) is 13.5. The second-order valence-electron chi connectivity index (χ2n) is 6.42. The van der Waals surface area contributed by atoms with Crippen LogP contribution < -0.4 is 4.74 Å². The fourth-order valence-electron chi connectivity index (χ4n) is 2.96. The molecule has 0 heterocycles. The van der Waals surface area contributed by atoms with Gasteiger partial charge in [0.15, 0.2) is 5.78 Å². The second kappa shape index (κ2) is 6.11. The molecule has 0 aromatic heterocycles. The Labute approximate surface area is 141 Å². The fraction of sp³-hybridized carbons (Fsp3) is 0.300. The largest absolute Gasteiger partial charge is 0.483 e. The topological polar surface area (TPSA) is 52.6 Å². The minimum Gasteiger partial charge on any atom is -0.483 e. The lowest BCUT2D eigenvalue weighted by Gasteiger charge is -2.27. The van der Waals surface area contributed by atoms with Gasteiger partial charge in [0.25, 0.3) is 0 Å². The molecule has 0 bridgehead atoms. The third-order valence-electron chi connectivity index (χ3n) is 4.38. The summed E-state index contributed by atoms with van der Waals surface area (Å²) in [6.45, 7) is 3.91. The van der Waals surface area contributed by atoms with E-state index in [0.717, 1.165) is 23.1 Å². The number of benzene rings is 2. The highest BCUT2D eigenvalue weighted by molar-refractivity contribution is 6.00. The van der Waals surface area contributed by atoms with Gasteiger partial charge >= 0.3 is 5.97 Å². The van der Waals surface area contributed by atoms with Crippen LogP contribution in [0.5, 0.6) is 5.75 Å². The van der Waals surface area contributed by atoms with Crippen molar-refractivity contribution in [3.05, 3.63) is 64.7 Å². The SMILES string of the molecule is COC(=O)c1ccc(C(C)(C)Oc2ccc3c(c2)C(=O)CC3)cc1. The predicted octanol–water partition coefficient (Wildman–Crippen LogP) is 3.92. The number of carbonyl (C=O) groups excluding carboxylic acids is 2. The number of carbonyl (C=O) groups is 2. The molecule has 24 heavy (non-hydrogen) atoms. The number of ether oxygens (including phenoxy) is 2. The van der Waals surface area contributed by atoms with Crippen molar-refractivity contribution in [2.45, 2.75) is 32.3 Å². The summed E-state index contributed by atoms with van der Waals surface area (Å²) in [6, 6.07) is 12.8. The molecule has 0 saturated heterocycles. The van der Waals surface area contributed by atoms with E-state index in [1.165, 1.54) is 7.11 Å². The summed E-state index contributed by atoms with van der Waals surface area (Å²) < 4.78 is 10.8. The smallest absolute Gasteiger partial charge is 0.337 e. The van der Waals surface area contributed by atoms with E-state index in [1.807, 2.05) is 44.2 Å². The molecular formula is C20H20O4. The lowest BCUT2D eigenvalue weighted by atomic mass is 9.96. The molecule has 0 atom stereocenters. The lowest BCUT2D eigenvalue weighted by molar-refractivity contribution is 0.0600. The van der Waals surface area contributed by atoms with E-state index in [0.29, 0.717) is 17.7 Å². The Morgan fingerprint density at radius 1 is 1.04 bits per heavy atom. The first-order valence-electron chi connectivity index (χ1n) is 7.95. The Kier molecular flexibility index (Phi) is 4.14. The monoisotopic (exact) mass is 324 g/mol. The molecule has 0 spiro atoms. The van der Waals surface area contributed by atoms with Crippen molar-refractivity contribution in [2.75, 3.05) is 7.11 Å². The number of Topliss-reactive ketones (excluding diaryl/α,β-unsaturated/α-hetero) is 1. The Balaban J connectivity index is 1.82. The van der Waals surface area contributed by atoms with E-state index in [-0.39, 0.29) is 11.8 Å². The number of rotatable bonds is 4. The van der Waals surface area contributed by atoms with Crippen molar-refractivity contribution >= 4 is 11.8 Å². The maximum atomic E-state index is 11.9. The minimum atomic E-state index is -0.593. The molecule has 4 heteroatoms. The van der Waals surface area contributed by atoms with Crippen LogP contribution in [0.3, 0.4) is 0 Å². The van der Waals surface area contributed by atoms with Crippen LogP contribution in [0.4, 0.5) is 0 Å². The van der Waals surface area contributed by atoms with Gasteiger partial charge in [-0.25, -0.2) is 4.79 Å². The Morgan fingerprint density at radius 2 is 1.75 bits per heavy atom. The van der Waals surface area contributed by atoms with E-state index >= 15 is 0 Å². The Bertz CT molecular complexity index is 788. The summed E-state index contributed by atoms with van der Waals surface area (Å²) >= 11 is 0. The van der Waals surface area contributed by atoms with E-state index in [4.69, 9.17) is 9.47 Å². The molecular weight excluding hydrogens is 304 g/mol. The number of esters is 1. The number of hydrogen-bond acceptors (Lipinski definition) is 4. The minimum absolute atomic E-state index is 0.177. The molecule has 0 unspecified atom stereocenters. The number of aryl methyl sites for hydroxylation is 1. The Hall–Kier alpha value is -2.62. The molecule has 4 nitrogen and oxygen atoms in total. The van der Waals surface area contributed by atoms with Gasteiger partial charge in [-0.05, 0) is 55.7 Å². The van der Waals surface area contributed by atoms with Crippen LogP contribution in [-0.4, -0.2) is 18.9 Å². The summed E-state index contributed by atoms with van der Waals surface area (Å²) in [5, 5.41) is 0. The number of fused-ring (bicyclic) bond motifs is 1. The average molecular weight is 324 g/mol. The highest BCUT2D eigenvalue weighted by Gasteiger charge is 2.25. The van der Waals surface area contributed by atoms with Crippen molar-refractivity contribution in [3.8, 4) is 5.75 Å². The summed E-state index contributed by atoms with van der Waals surface area (Å²) in [5.74, 6) is 0.485. The van der Waals surface area contributed by atoms with Gasteiger partial charge in [0.05, 0.1) is 12.7 Å². The summed E-state index contributed by atoms with van der Waals surface area (Å²) in [5.41, 5.74) is 2.70. The van der Waals surface area contributed by atoms with Gasteiger partial charge in [-0.15, -0.1) is 0 Å². The van der Waals surface area contributed by atoms with Crippen LogP contribution in [0.2, 0.25) is 0 Å². The van der Waals surface area contributed by atoms with Crippen molar-refractivity contribution in [1.29, 1.82) is 0 Å². The van der Waals surface area contributed by atoms with Gasteiger partial charge in [-0.1, -0.05) is 18.2 Å². The molecule has 1 aliphatic rings. The van der Waals surface area contributed by atoms with E-state index < -0.39 is 5.60 Å². The van der Waals surface area contributed by atoms with Gasteiger partial charge < -0.3 is 9.47 Å². The molecule has 0 aliphatic heterocycles. The van der Waals surface area contributed by atoms with Crippen molar-refractivity contribution in [3.63, 3.8) is 0 Å². The van der Waals surface area contributed by atoms with Crippen molar-refractivity contribution in [2.24, 2.45) is 0 Å². The molecule has 2 aromatic rings. The first-order valence-corrected chi connectivity index (χ1v) is 7.95. The number of hydrogen-bond donors (Lipinski definition) is 0. The van der Waals surface area contributed by atoms with Crippen LogP contribution in [-0.2, 0) is 16.8 Å². The summed E-state index contributed by atoms with van der Waals surface area (Å²) in [6.07, 6.45) is 1.39. The zero-order chi connectivity index (χ0) is 17.3. The molecule has 0 saturated carbocycles. The van der Waals surface area contributed by atoms with Crippen LogP contribution >= 0.6 is 0 Å². The quantitative estimate of drug-likeness (QED) is 0.800. The predicted molar refractivity (Wildman–Crippen MR) is 90.5 cm³/mol. The summed E-state index contributed by atoms with van der Waals surface area (Å²) in [7, 11) is 1.36. The molecule has 3 rings (SSSR count). The third kappa shape index (κ3) is 3.04. The van der Waals surface area contributed by atoms with Crippen molar-refractivity contribution < 1.29 is 19.1 Å². The molecule has 0 N–H and O–H groups in total. The maximum Gasteiger partial charge on any atom is 0.337 e. The third-order valence-corrected chi connectivity index (χ3v) is 4.38. The van der Waals surface area contributed by atoms with Crippen molar-refractivity contribution in [1.82, 2.24) is 0 Å². The van der Waals surface area contributed by atoms with E-state index in [9.17, 15) is 9.59 Å². The lowest BCUT2D eigenvalue weighted by Crippen LogP contribution is -2.25. The molecule has 0 fully saturated rings. The van der Waals surface area contributed by atoms with Crippen LogP contribution in [0.25, 0.3) is 0 Å². The fourth-order valence-corrected chi connectivity index (χ4v) is 2.96. The van der Waals surface area contributed by atoms with Gasteiger partial charge in [0.2, 0.25) is 0 Å². The molecule has 2 aromatic carbocycles. The highest BCUT2D eigenvalue weighted by atomic mass is 16.5. The molecule has 124 valence electrons. The zero-order valence-electron chi connectivity index (χ0n) is 14.1. The van der Waals surface area contributed by atoms with Crippen LogP contribution in [0.15, 0.2) is 42.5 Å². The number of methoxy groups -OCH3 is 1. The van der Waals surface area contributed by atoms with Crippen LogP contribution in [0, 0.1) is 0 Å². The van der Waals surface area contributed by atoms with Gasteiger partial charge in [-0.2, -0.15) is 0 Å². The zero-order valence-corrected chi connectivity index (χ0v) is 14.1. The van der Waals surface area contributed by atoms with Crippen LogP contribution in [0.1, 0.15) is 52.1 Å². The van der Waals surface area contributed by atoms with E-state index in [2.05, 4.69) is 0 Å². The molecule has 0 radical (unpaired) electrons. The maximum absolute atomic E-state index is 11.9. The second-order valence-corrected chi connectivity index (χ2v) is 6.42. The number of ketones is 1. The van der Waals surface area contributed by atoms with Gasteiger partial charge in [0, 0.05) is 12.0 Å². The highest BCUT2D eigenvalue weighted by Crippen LogP contribution is 2.31. The average Bonchev–Trinajstić information content (AvgIpc) is 2.95. The van der Waals surface area contributed by atoms with Gasteiger partial charge in [0.1, 0.15) is 11.4 Å². The standard InChI is InChI=1S/C20H20O4/c1-20(2,15-8-4-14(5-9-15)19(22)23-3)24-16-10-6-13-7-11-18(21)17(13)12-16/h4-6,8-10,12H,7,11H2,1-3H3. The van der Waals surface area contributed by atoms with E-state index in [1.54, 1.807) is 12.1 Å². The molecule has 1 aliphatic carbocycles. The Morgan fingerprint density at radius 3 is 2.42 bits per heavy atom.